The Balaban J connectivity index is 0.00000240. The van der Waals surface area contributed by atoms with Crippen molar-refractivity contribution in [2.24, 2.45) is 0 Å². The Labute approximate surface area is 195 Å². The SMILES string of the molecule is O=C(O)c1ccc(-n2nc(-c3ccccc3O)nc2-c2ccccc2O)cc1.[Ca+2]. The summed E-state index contributed by atoms with van der Waals surface area (Å²) in [6, 6.07) is 19.5. The van der Waals surface area contributed by atoms with Gasteiger partial charge in [-0.25, -0.2) is 14.5 Å². The van der Waals surface area contributed by atoms with Crippen LogP contribution in [0, 0.1) is 0 Å². The van der Waals surface area contributed by atoms with Gasteiger partial charge >= 0.3 is 43.7 Å². The van der Waals surface area contributed by atoms with Gasteiger partial charge in [0.15, 0.2) is 11.6 Å². The van der Waals surface area contributed by atoms with Crippen LogP contribution in [0.5, 0.6) is 11.5 Å². The van der Waals surface area contributed by atoms with Crippen LogP contribution in [0.3, 0.4) is 0 Å². The predicted molar refractivity (Wildman–Crippen MR) is 108 cm³/mol. The van der Waals surface area contributed by atoms with E-state index in [9.17, 15) is 15.0 Å². The average Bonchev–Trinajstić information content (AvgIpc) is 3.13. The molecule has 0 saturated heterocycles. The quantitative estimate of drug-likeness (QED) is 0.443. The molecule has 0 aliphatic carbocycles. The fraction of sp³-hybridized carbons (Fsp3) is 0. The molecule has 8 heteroatoms. The zero-order chi connectivity index (χ0) is 19.7. The van der Waals surface area contributed by atoms with Crippen molar-refractivity contribution in [2.75, 3.05) is 0 Å². The van der Waals surface area contributed by atoms with E-state index in [1.165, 1.54) is 22.9 Å². The second-order valence-electron chi connectivity index (χ2n) is 6.06. The molecular weight excluding hydrogens is 398 g/mol. The van der Waals surface area contributed by atoms with Crippen molar-refractivity contribution in [3.05, 3.63) is 78.4 Å². The van der Waals surface area contributed by atoms with E-state index in [1.54, 1.807) is 54.6 Å². The zero-order valence-corrected chi connectivity index (χ0v) is 17.4. The van der Waals surface area contributed by atoms with Gasteiger partial charge in [-0.3, -0.25) is 0 Å². The van der Waals surface area contributed by atoms with Crippen LogP contribution >= 0.6 is 0 Å². The smallest absolute Gasteiger partial charge is 0.507 e. The van der Waals surface area contributed by atoms with Gasteiger partial charge in [0.2, 0.25) is 0 Å². The summed E-state index contributed by atoms with van der Waals surface area (Å²) in [4.78, 5) is 15.6. The first-order valence-electron chi connectivity index (χ1n) is 8.42. The predicted octanol–water partition coefficient (Wildman–Crippen LogP) is 3.33. The fourth-order valence-electron chi connectivity index (χ4n) is 2.85. The second-order valence-corrected chi connectivity index (χ2v) is 6.06. The van der Waals surface area contributed by atoms with Crippen LogP contribution in [0.1, 0.15) is 10.4 Å². The van der Waals surface area contributed by atoms with E-state index in [4.69, 9.17) is 5.11 Å². The Morgan fingerprint density at radius 3 is 1.90 bits per heavy atom. The van der Waals surface area contributed by atoms with Gasteiger partial charge in [-0.05, 0) is 48.5 Å². The summed E-state index contributed by atoms with van der Waals surface area (Å²) in [5, 5.41) is 34.0. The van der Waals surface area contributed by atoms with Crippen molar-refractivity contribution in [2.45, 2.75) is 0 Å². The summed E-state index contributed by atoms with van der Waals surface area (Å²) in [6.07, 6.45) is 0. The molecule has 7 nitrogen and oxygen atoms in total. The summed E-state index contributed by atoms with van der Waals surface area (Å²) in [5.41, 5.74) is 1.62. The molecule has 1 heterocycles. The molecule has 0 unspecified atom stereocenters. The standard InChI is InChI=1S/C21H15N3O4.Ca/c25-17-7-3-1-5-15(17)19-22-20(16-6-2-4-8-18(16)26)24(23-19)14-11-9-13(10-12-14)21(27)28;/h1-12,25-26H,(H,27,28);/q;+2. The number of aromatic carboxylic acids is 1. The van der Waals surface area contributed by atoms with Crippen molar-refractivity contribution >= 4 is 43.7 Å². The number of carboxylic acid groups (broad SMARTS) is 1. The Bertz CT molecular complexity index is 1170. The Morgan fingerprint density at radius 1 is 0.793 bits per heavy atom. The molecule has 0 aliphatic rings. The average molecular weight is 413 g/mol. The van der Waals surface area contributed by atoms with Crippen LogP contribution in [0.15, 0.2) is 72.8 Å². The van der Waals surface area contributed by atoms with Crippen LogP contribution in [0.4, 0.5) is 0 Å². The number of carbonyl (C=O) groups is 1. The Kier molecular flexibility index (Phi) is 6.22. The molecular formula is C21H15CaN3O4+2. The zero-order valence-electron chi connectivity index (χ0n) is 15.2. The molecule has 138 valence electrons. The number of para-hydroxylation sites is 2. The number of nitrogens with zero attached hydrogens (tertiary/aromatic N) is 3. The number of phenols is 2. The summed E-state index contributed by atoms with van der Waals surface area (Å²) in [6.45, 7) is 0. The minimum atomic E-state index is -1.03. The molecule has 0 aliphatic heterocycles. The molecule has 0 saturated carbocycles. The van der Waals surface area contributed by atoms with E-state index in [2.05, 4.69) is 10.1 Å². The first kappa shape index (κ1) is 20.9. The van der Waals surface area contributed by atoms with Crippen LogP contribution in [-0.2, 0) is 0 Å². The minimum absolute atomic E-state index is 0. The third kappa shape index (κ3) is 4.12. The van der Waals surface area contributed by atoms with E-state index in [1.807, 2.05) is 0 Å². The largest absolute Gasteiger partial charge is 2.00 e. The normalized spacial score (nSPS) is 10.3. The van der Waals surface area contributed by atoms with Gasteiger partial charge < -0.3 is 15.3 Å². The summed E-state index contributed by atoms with van der Waals surface area (Å²) < 4.78 is 1.50. The molecule has 1 aromatic heterocycles. The van der Waals surface area contributed by atoms with E-state index >= 15 is 0 Å². The maximum absolute atomic E-state index is 11.1. The molecule has 0 radical (unpaired) electrons. The van der Waals surface area contributed by atoms with Gasteiger partial charge in [-0.1, -0.05) is 24.3 Å². The van der Waals surface area contributed by atoms with Crippen LogP contribution in [0.25, 0.3) is 28.5 Å². The maximum atomic E-state index is 11.1. The fourth-order valence-corrected chi connectivity index (χ4v) is 2.85. The number of benzene rings is 3. The van der Waals surface area contributed by atoms with Crippen molar-refractivity contribution in [3.8, 4) is 40.0 Å². The first-order valence-corrected chi connectivity index (χ1v) is 8.42. The van der Waals surface area contributed by atoms with E-state index < -0.39 is 5.97 Å². The first-order chi connectivity index (χ1) is 13.5. The third-order valence-electron chi connectivity index (χ3n) is 4.26. The second kappa shape index (κ2) is 8.65. The summed E-state index contributed by atoms with van der Waals surface area (Å²) in [5.74, 6) is -0.328. The number of aromatic hydroxyl groups is 2. The molecule has 29 heavy (non-hydrogen) atoms. The topological polar surface area (TPSA) is 108 Å². The van der Waals surface area contributed by atoms with E-state index in [-0.39, 0.29) is 60.6 Å². The van der Waals surface area contributed by atoms with Gasteiger partial charge in [0.05, 0.1) is 22.4 Å². The number of carboxylic acids is 1. The molecule has 4 aromatic rings. The summed E-state index contributed by atoms with van der Waals surface area (Å²) in [7, 11) is 0. The number of hydrogen-bond acceptors (Lipinski definition) is 5. The van der Waals surface area contributed by atoms with Gasteiger partial charge in [0, 0.05) is 0 Å². The number of phenolic OH excluding ortho intramolecular Hbond substituents is 2. The number of hydrogen-bond donors (Lipinski definition) is 3. The maximum Gasteiger partial charge on any atom is 2.00 e. The number of rotatable bonds is 4. The van der Waals surface area contributed by atoms with Gasteiger partial charge in [-0.15, -0.1) is 5.10 Å². The van der Waals surface area contributed by atoms with Crippen molar-refractivity contribution in [1.29, 1.82) is 0 Å². The molecule has 0 bridgehead atoms. The van der Waals surface area contributed by atoms with Crippen molar-refractivity contribution < 1.29 is 20.1 Å². The minimum Gasteiger partial charge on any atom is -0.507 e. The van der Waals surface area contributed by atoms with E-state index in [0.29, 0.717) is 22.6 Å². The molecule has 4 rings (SSSR count). The van der Waals surface area contributed by atoms with E-state index in [0.717, 1.165) is 0 Å². The van der Waals surface area contributed by atoms with Gasteiger partial charge in [-0.2, -0.15) is 0 Å². The third-order valence-corrected chi connectivity index (χ3v) is 4.26. The van der Waals surface area contributed by atoms with Crippen LogP contribution < -0.4 is 0 Å². The monoisotopic (exact) mass is 413 g/mol. The van der Waals surface area contributed by atoms with Gasteiger partial charge in [0.25, 0.3) is 0 Å². The summed E-state index contributed by atoms with van der Waals surface area (Å²) >= 11 is 0. The van der Waals surface area contributed by atoms with Crippen LogP contribution in [-0.4, -0.2) is 73.8 Å². The molecule has 0 amide bonds. The van der Waals surface area contributed by atoms with Crippen LogP contribution in [0.2, 0.25) is 0 Å². The molecule has 0 spiro atoms. The Morgan fingerprint density at radius 2 is 1.34 bits per heavy atom. The molecule has 0 atom stereocenters. The number of aromatic nitrogens is 3. The molecule has 3 N–H and O–H groups in total. The Hall–Kier alpha value is -2.87. The molecule has 3 aromatic carbocycles. The van der Waals surface area contributed by atoms with Crippen molar-refractivity contribution in [3.63, 3.8) is 0 Å². The molecule has 0 fully saturated rings. The van der Waals surface area contributed by atoms with Crippen molar-refractivity contribution in [1.82, 2.24) is 14.8 Å². The van der Waals surface area contributed by atoms with Gasteiger partial charge in [0.1, 0.15) is 11.5 Å².